The van der Waals surface area contributed by atoms with Crippen LogP contribution >= 0.6 is 0 Å². The molecular formula is C21H31NO4S. The smallest absolute Gasteiger partial charge is 0.410 e. The Morgan fingerprint density at radius 1 is 1.22 bits per heavy atom. The summed E-state index contributed by atoms with van der Waals surface area (Å²) in [7, 11) is -3.27. The molecule has 0 aromatic heterocycles. The average molecular weight is 394 g/mol. The van der Waals surface area contributed by atoms with Gasteiger partial charge in [0.2, 0.25) is 0 Å². The van der Waals surface area contributed by atoms with Gasteiger partial charge in [-0.25, -0.2) is 13.2 Å². The van der Waals surface area contributed by atoms with Crippen LogP contribution in [0.2, 0.25) is 0 Å². The Hall–Kier alpha value is -1.56. The van der Waals surface area contributed by atoms with Crippen LogP contribution in [-0.4, -0.2) is 43.9 Å². The zero-order valence-electron chi connectivity index (χ0n) is 17.4. The van der Waals surface area contributed by atoms with Gasteiger partial charge < -0.3 is 9.64 Å². The Morgan fingerprint density at radius 3 is 2.41 bits per heavy atom. The maximum Gasteiger partial charge on any atom is 0.410 e. The Kier molecular flexibility index (Phi) is 4.46. The molecule has 5 nitrogen and oxygen atoms in total. The van der Waals surface area contributed by atoms with Crippen LogP contribution in [0.1, 0.15) is 59.1 Å². The van der Waals surface area contributed by atoms with Crippen molar-refractivity contribution < 1.29 is 17.9 Å². The number of sulfone groups is 1. The monoisotopic (exact) mass is 393 g/mol. The van der Waals surface area contributed by atoms with Crippen molar-refractivity contribution in [1.82, 2.24) is 4.90 Å². The maximum atomic E-state index is 12.9. The van der Waals surface area contributed by atoms with Gasteiger partial charge in [0.05, 0.1) is 4.90 Å². The zero-order chi connectivity index (χ0) is 20.4. The molecular weight excluding hydrogens is 362 g/mol. The predicted octanol–water partition coefficient (Wildman–Crippen LogP) is 3.94. The SMILES string of the molecule is CC(C)(C)OC(=O)N1CC[C@@]2(C)c3ccc(S(C)(=O)=O)cc3C[C@@H]1C2(C)C. The molecule has 1 saturated heterocycles. The molecule has 0 radical (unpaired) electrons. The Balaban J connectivity index is 2.07. The van der Waals surface area contributed by atoms with Gasteiger partial charge in [0.25, 0.3) is 0 Å². The summed E-state index contributed by atoms with van der Waals surface area (Å²) >= 11 is 0. The average Bonchev–Trinajstić information content (AvgIpc) is 2.47. The van der Waals surface area contributed by atoms with Crippen LogP contribution in [0.25, 0.3) is 0 Å². The summed E-state index contributed by atoms with van der Waals surface area (Å²) < 4.78 is 29.7. The Morgan fingerprint density at radius 2 is 1.85 bits per heavy atom. The van der Waals surface area contributed by atoms with Crippen molar-refractivity contribution >= 4 is 15.9 Å². The second-order valence-electron chi connectivity index (χ2n) is 9.79. The number of carbonyl (C=O) groups excluding carboxylic acids is 1. The van der Waals surface area contributed by atoms with Crippen LogP contribution in [0.4, 0.5) is 4.79 Å². The Labute approximate surface area is 163 Å². The second-order valence-corrected chi connectivity index (χ2v) is 11.8. The largest absolute Gasteiger partial charge is 0.444 e. The molecule has 2 aliphatic rings. The molecule has 1 aromatic rings. The van der Waals surface area contributed by atoms with E-state index in [2.05, 4.69) is 20.8 Å². The van der Waals surface area contributed by atoms with Crippen molar-refractivity contribution in [1.29, 1.82) is 0 Å². The number of benzene rings is 1. The number of amides is 1. The third kappa shape index (κ3) is 3.26. The van der Waals surface area contributed by atoms with Crippen LogP contribution < -0.4 is 0 Å². The van der Waals surface area contributed by atoms with Crippen molar-refractivity contribution in [2.24, 2.45) is 5.41 Å². The summed E-state index contributed by atoms with van der Waals surface area (Å²) in [5.41, 5.74) is 1.41. The molecule has 1 aromatic carbocycles. The number of hydrogen-bond donors (Lipinski definition) is 0. The van der Waals surface area contributed by atoms with E-state index in [1.54, 1.807) is 12.1 Å². The minimum Gasteiger partial charge on any atom is -0.444 e. The fraction of sp³-hybridized carbons (Fsp3) is 0.667. The lowest BCUT2D eigenvalue weighted by Crippen LogP contribution is -2.65. The normalized spacial score (nSPS) is 27.1. The lowest BCUT2D eigenvalue weighted by molar-refractivity contribution is -0.0522. The second kappa shape index (κ2) is 5.97. The maximum absolute atomic E-state index is 12.9. The van der Waals surface area contributed by atoms with Crippen molar-refractivity contribution in [2.45, 2.75) is 76.3 Å². The first kappa shape index (κ1) is 20.2. The highest BCUT2D eigenvalue weighted by molar-refractivity contribution is 7.90. The first-order chi connectivity index (χ1) is 12.2. The molecule has 1 fully saturated rings. The third-order valence-electron chi connectivity index (χ3n) is 6.62. The molecule has 6 heteroatoms. The summed E-state index contributed by atoms with van der Waals surface area (Å²) in [6.45, 7) is 12.9. The topological polar surface area (TPSA) is 63.7 Å². The van der Waals surface area contributed by atoms with Crippen LogP contribution in [0.5, 0.6) is 0 Å². The van der Waals surface area contributed by atoms with Crippen molar-refractivity contribution in [3.05, 3.63) is 29.3 Å². The first-order valence-corrected chi connectivity index (χ1v) is 11.4. The minimum atomic E-state index is -3.27. The molecule has 1 aliphatic carbocycles. The fourth-order valence-corrected chi connectivity index (χ4v) is 5.35. The van der Waals surface area contributed by atoms with Crippen LogP contribution in [0, 0.1) is 5.41 Å². The van der Waals surface area contributed by atoms with E-state index in [1.165, 1.54) is 11.8 Å². The van der Waals surface area contributed by atoms with Gasteiger partial charge in [0.15, 0.2) is 9.84 Å². The molecule has 0 saturated carbocycles. The van der Waals surface area contributed by atoms with E-state index >= 15 is 0 Å². The van der Waals surface area contributed by atoms with Gasteiger partial charge in [-0.3, -0.25) is 0 Å². The van der Waals surface area contributed by atoms with E-state index in [9.17, 15) is 13.2 Å². The molecule has 2 bridgehead atoms. The quantitative estimate of drug-likeness (QED) is 0.725. The number of piperidine rings is 1. The van der Waals surface area contributed by atoms with Gasteiger partial charge in [-0.2, -0.15) is 0 Å². The summed E-state index contributed by atoms with van der Waals surface area (Å²) in [4.78, 5) is 15.0. The Bertz CT molecular complexity index is 882. The van der Waals surface area contributed by atoms with Crippen LogP contribution in [0.15, 0.2) is 23.1 Å². The third-order valence-corrected chi connectivity index (χ3v) is 7.73. The molecule has 1 heterocycles. The number of fused-ring (bicyclic) bond motifs is 4. The molecule has 1 aliphatic heterocycles. The molecule has 27 heavy (non-hydrogen) atoms. The highest BCUT2D eigenvalue weighted by Crippen LogP contribution is 2.56. The van der Waals surface area contributed by atoms with Crippen molar-refractivity contribution in [3.8, 4) is 0 Å². The summed E-state index contributed by atoms with van der Waals surface area (Å²) in [6.07, 6.45) is 2.41. The standard InChI is InChI=1S/C21H31NO4S/c1-19(2,3)26-18(23)22-11-10-21(6)16-9-8-15(27(7,24)25)12-14(16)13-17(22)20(21,4)5/h8-9,12,17H,10-11,13H2,1-7H3/t17-,21+/m1/s1. The minimum absolute atomic E-state index is 0.0339. The van der Waals surface area contributed by atoms with Crippen LogP contribution in [0.3, 0.4) is 0 Å². The van der Waals surface area contributed by atoms with Gasteiger partial charge in [0.1, 0.15) is 5.60 Å². The number of hydrogen-bond acceptors (Lipinski definition) is 4. The van der Waals surface area contributed by atoms with E-state index in [0.29, 0.717) is 17.9 Å². The molecule has 0 unspecified atom stereocenters. The van der Waals surface area contributed by atoms with Crippen LogP contribution in [-0.2, 0) is 26.4 Å². The van der Waals surface area contributed by atoms with E-state index in [1.807, 2.05) is 31.7 Å². The lowest BCUT2D eigenvalue weighted by Gasteiger charge is -2.60. The number of ether oxygens (including phenoxy) is 1. The first-order valence-electron chi connectivity index (χ1n) is 9.50. The van der Waals surface area contributed by atoms with Gasteiger partial charge in [-0.1, -0.05) is 26.8 Å². The van der Waals surface area contributed by atoms with Gasteiger partial charge in [-0.15, -0.1) is 0 Å². The molecule has 2 atom stereocenters. The van der Waals surface area contributed by atoms with Gasteiger partial charge in [0, 0.05) is 24.3 Å². The van der Waals surface area contributed by atoms with E-state index in [4.69, 9.17) is 4.74 Å². The lowest BCUT2D eigenvalue weighted by atomic mass is 9.51. The number of rotatable bonds is 1. The highest BCUT2D eigenvalue weighted by atomic mass is 32.2. The summed E-state index contributed by atoms with van der Waals surface area (Å²) in [5, 5.41) is 0. The summed E-state index contributed by atoms with van der Waals surface area (Å²) in [6, 6.07) is 5.46. The molecule has 0 N–H and O–H groups in total. The molecule has 0 spiro atoms. The highest BCUT2D eigenvalue weighted by Gasteiger charge is 2.57. The molecule has 3 rings (SSSR count). The summed E-state index contributed by atoms with van der Waals surface area (Å²) in [5.74, 6) is 0. The van der Waals surface area contributed by atoms with Gasteiger partial charge in [-0.05, 0) is 62.3 Å². The van der Waals surface area contributed by atoms with E-state index in [0.717, 1.165) is 12.0 Å². The molecule has 1 amide bonds. The van der Waals surface area contributed by atoms with Crippen molar-refractivity contribution in [3.63, 3.8) is 0 Å². The number of nitrogens with zero attached hydrogens (tertiary/aromatic N) is 1. The predicted molar refractivity (Wildman–Crippen MR) is 106 cm³/mol. The zero-order valence-corrected chi connectivity index (χ0v) is 18.2. The van der Waals surface area contributed by atoms with E-state index < -0.39 is 15.4 Å². The van der Waals surface area contributed by atoms with Crippen molar-refractivity contribution in [2.75, 3.05) is 12.8 Å². The fourth-order valence-electron chi connectivity index (χ4n) is 4.68. The van der Waals surface area contributed by atoms with E-state index in [-0.39, 0.29) is 23.0 Å². The van der Waals surface area contributed by atoms with Gasteiger partial charge >= 0.3 is 6.09 Å². The number of carbonyl (C=O) groups is 1. The molecule has 150 valence electrons. The number of likely N-dealkylation sites (tertiary alicyclic amines) is 1.